The number of rotatable bonds is 2. The van der Waals surface area contributed by atoms with E-state index in [-0.39, 0.29) is 5.91 Å². The van der Waals surface area contributed by atoms with Gasteiger partial charge in [-0.2, -0.15) is 0 Å². The molecule has 0 unspecified atom stereocenters. The van der Waals surface area contributed by atoms with Gasteiger partial charge in [-0.3, -0.25) is 20.0 Å². The maximum absolute atomic E-state index is 12.8. The molecule has 0 aliphatic carbocycles. The van der Waals surface area contributed by atoms with E-state index in [4.69, 9.17) is 11.6 Å². The second-order valence-electron chi connectivity index (χ2n) is 6.15. The molecule has 0 aliphatic heterocycles. The highest BCUT2D eigenvalue weighted by Crippen LogP contribution is 2.18. The maximum atomic E-state index is 12.8. The summed E-state index contributed by atoms with van der Waals surface area (Å²) < 4.78 is 0.686. The highest BCUT2D eigenvalue weighted by molar-refractivity contribution is 9.10. The normalized spacial score (nSPS) is 11.0. The number of nitrogens with one attached hydrogen (secondary N) is 1. The van der Waals surface area contributed by atoms with Gasteiger partial charge in [-0.25, -0.2) is 5.01 Å². The molecular weight excluding hydrogens is 394 g/mol. The summed E-state index contributed by atoms with van der Waals surface area (Å²) >= 11 is 9.12. The molecule has 0 bridgehead atoms. The zero-order chi connectivity index (χ0) is 17.9. The molecular formula is C17H17BrClN3O2. The van der Waals surface area contributed by atoms with Gasteiger partial charge in [-0.1, -0.05) is 11.6 Å². The highest BCUT2D eigenvalue weighted by Gasteiger charge is 2.29. The first kappa shape index (κ1) is 18.4. The van der Waals surface area contributed by atoms with E-state index in [0.717, 1.165) is 0 Å². The summed E-state index contributed by atoms with van der Waals surface area (Å²) in [5.74, 6) is -0.739. The molecule has 2 aromatic rings. The van der Waals surface area contributed by atoms with Gasteiger partial charge in [0.25, 0.3) is 11.8 Å². The van der Waals surface area contributed by atoms with Gasteiger partial charge in [0.1, 0.15) is 0 Å². The number of aromatic nitrogens is 1. The third kappa shape index (κ3) is 4.55. The van der Waals surface area contributed by atoms with Crippen LogP contribution in [0.1, 0.15) is 41.5 Å². The third-order valence-corrected chi connectivity index (χ3v) is 3.83. The van der Waals surface area contributed by atoms with E-state index >= 15 is 0 Å². The molecule has 0 atom stereocenters. The Morgan fingerprint density at radius 3 is 2.29 bits per heavy atom. The zero-order valence-corrected chi connectivity index (χ0v) is 15.9. The zero-order valence-electron chi connectivity index (χ0n) is 13.5. The van der Waals surface area contributed by atoms with Gasteiger partial charge in [0.2, 0.25) is 0 Å². The van der Waals surface area contributed by atoms with E-state index < -0.39 is 11.4 Å². The van der Waals surface area contributed by atoms with Crippen LogP contribution in [0.2, 0.25) is 5.02 Å². The van der Waals surface area contributed by atoms with E-state index in [2.05, 4.69) is 26.3 Å². The molecule has 0 aliphatic rings. The van der Waals surface area contributed by atoms with Crippen LogP contribution in [0.3, 0.4) is 0 Å². The minimum absolute atomic E-state index is 0.349. The van der Waals surface area contributed by atoms with Crippen molar-refractivity contribution < 1.29 is 9.59 Å². The summed E-state index contributed by atoms with van der Waals surface area (Å²) in [4.78, 5) is 29.2. The first-order chi connectivity index (χ1) is 11.2. The van der Waals surface area contributed by atoms with Crippen LogP contribution < -0.4 is 5.43 Å². The van der Waals surface area contributed by atoms with Crippen molar-refractivity contribution in [1.82, 2.24) is 15.4 Å². The van der Waals surface area contributed by atoms with Crippen LogP contribution in [0.15, 0.2) is 47.2 Å². The van der Waals surface area contributed by atoms with Crippen LogP contribution in [0, 0.1) is 0 Å². The van der Waals surface area contributed by atoms with E-state index in [1.807, 2.05) is 20.8 Å². The minimum atomic E-state index is -0.624. The first-order valence-electron chi connectivity index (χ1n) is 7.20. The van der Waals surface area contributed by atoms with E-state index in [1.54, 1.807) is 36.5 Å². The summed E-state index contributed by atoms with van der Waals surface area (Å²) in [7, 11) is 0. The fourth-order valence-corrected chi connectivity index (χ4v) is 2.44. The molecule has 0 saturated heterocycles. The van der Waals surface area contributed by atoms with Crippen molar-refractivity contribution in [2.24, 2.45) is 0 Å². The molecule has 7 heteroatoms. The maximum Gasteiger partial charge on any atom is 0.274 e. The number of halogens is 2. The van der Waals surface area contributed by atoms with Crippen molar-refractivity contribution in [1.29, 1.82) is 0 Å². The number of benzene rings is 1. The summed E-state index contributed by atoms with van der Waals surface area (Å²) in [6.07, 6.45) is 3.05. The monoisotopic (exact) mass is 409 g/mol. The number of pyridine rings is 1. The molecule has 2 amide bonds. The number of amides is 2. The summed E-state index contributed by atoms with van der Waals surface area (Å²) in [5, 5.41) is 1.84. The smallest absolute Gasteiger partial charge is 0.267 e. The highest BCUT2D eigenvalue weighted by atomic mass is 79.9. The predicted molar refractivity (Wildman–Crippen MR) is 96.8 cm³/mol. The molecule has 1 N–H and O–H groups in total. The van der Waals surface area contributed by atoms with Gasteiger partial charge < -0.3 is 0 Å². The second-order valence-corrected chi connectivity index (χ2v) is 7.50. The van der Waals surface area contributed by atoms with Crippen LogP contribution in [0.4, 0.5) is 0 Å². The summed E-state index contributed by atoms with van der Waals surface area (Å²) in [6.45, 7) is 5.50. The summed E-state index contributed by atoms with van der Waals surface area (Å²) in [5.41, 5.74) is 2.83. The molecule has 0 spiro atoms. The van der Waals surface area contributed by atoms with Crippen molar-refractivity contribution in [2.75, 3.05) is 0 Å². The molecule has 1 heterocycles. The molecule has 24 heavy (non-hydrogen) atoms. The van der Waals surface area contributed by atoms with Crippen LogP contribution in [-0.2, 0) is 0 Å². The number of carbonyl (C=O) groups excluding carboxylic acids is 2. The Bertz CT molecular complexity index is 757. The Labute approximate surface area is 154 Å². The molecule has 0 radical (unpaired) electrons. The van der Waals surface area contributed by atoms with E-state index in [9.17, 15) is 9.59 Å². The standard InChI is InChI=1S/C17H17BrClN3O2/c1-17(2,3)22(16(24)12-8-13(18)10-20-9-12)21-15(23)11-4-6-14(19)7-5-11/h4-10H,1-3H3,(H,21,23). The lowest BCUT2D eigenvalue weighted by atomic mass is 10.1. The lowest BCUT2D eigenvalue weighted by molar-refractivity contribution is 0.0358. The third-order valence-electron chi connectivity index (χ3n) is 3.15. The Balaban J connectivity index is 2.27. The van der Waals surface area contributed by atoms with E-state index in [1.165, 1.54) is 11.2 Å². The largest absolute Gasteiger partial charge is 0.274 e. The van der Waals surface area contributed by atoms with Crippen LogP contribution >= 0.6 is 27.5 Å². The molecule has 1 aromatic heterocycles. The van der Waals surface area contributed by atoms with Gasteiger partial charge in [0.15, 0.2) is 0 Å². The fraction of sp³-hybridized carbons (Fsp3) is 0.235. The molecule has 1 aromatic carbocycles. The van der Waals surface area contributed by atoms with Crippen LogP contribution in [-0.4, -0.2) is 27.3 Å². The average molecular weight is 411 g/mol. The lowest BCUT2D eigenvalue weighted by Crippen LogP contribution is -2.55. The molecule has 5 nitrogen and oxygen atoms in total. The Morgan fingerprint density at radius 1 is 1.12 bits per heavy atom. The molecule has 2 rings (SSSR count). The average Bonchev–Trinajstić information content (AvgIpc) is 2.51. The topological polar surface area (TPSA) is 62.3 Å². The van der Waals surface area contributed by atoms with Crippen molar-refractivity contribution >= 4 is 39.3 Å². The number of nitrogens with zero attached hydrogens (tertiary/aromatic N) is 2. The van der Waals surface area contributed by atoms with Gasteiger partial charge >= 0.3 is 0 Å². The van der Waals surface area contributed by atoms with Crippen molar-refractivity contribution in [2.45, 2.75) is 26.3 Å². The summed E-state index contributed by atoms with van der Waals surface area (Å²) in [6, 6.07) is 8.10. The predicted octanol–water partition coefficient (Wildman–Crippen LogP) is 4.08. The second kappa shape index (κ2) is 7.32. The minimum Gasteiger partial charge on any atom is -0.267 e. The van der Waals surface area contributed by atoms with E-state index in [0.29, 0.717) is 20.6 Å². The fourth-order valence-electron chi connectivity index (χ4n) is 1.95. The Morgan fingerprint density at radius 2 is 1.75 bits per heavy atom. The number of hydrazine groups is 1. The quantitative estimate of drug-likeness (QED) is 0.759. The van der Waals surface area contributed by atoms with Crippen LogP contribution in [0.5, 0.6) is 0 Å². The first-order valence-corrected chi connectivity index (χ1v) is 8.37. The van der Waals surface area contributed by atoms with Crippen molar-refractivity contribution in [3.63, 3.8) is 0 Å². The number of carbonyl (C=O) groups is 2. The van der Waals surface area contributed by atoms with Crippen LogP contribution in [0.25, 0.3) is 0 Å². The van der Waals surface area contributed by atoms with Crippen molar-refractivity contribution in [3.05, 3.63) is 63.3 Å². The Hall–Kier alpha value is -1.92. The lowest BCUT2D eigenvalue weighted by Gasteiger charge is -2.35. The molecule has 126 valence electrons. The van der Waals surface area contributed by atoms with Gasteiger partial charge in [0, 0.05) is 27.5 Å². The number of hydrogen-bond donors (Lipinski definition) is 1. The Kier molecular flexibility index (Phi) is 5.62. The van der Waals surface area contributed by atoms with Crippen molar-refractivity contribution in [3.8, 4) is 0 Å². The van der Waals surface area contributed by atoms with Gasteiger partial charge in [0.05, 0.1) is 11.1 Å². The molecule has 0 saturated carbocycles. The van der Waals surface area contributed by atoms with Gasteiger partial charge in [-0.05, 0) is 67.0 Å². The molecule has 0 fully saturated rings. The number of hydrogen-bond acceptors (Lipinski definition) is 3. The SMILES string of the molecule is CC(C)(C)N(NC(=O)c1ccc(Cl)cc1)C(=O)c1cncc(Br)c1. The van der Waals surface area contributed by atoms with Gasteiger partial charge in [-0.15, -0.1) is 0 Å².